The quantitative estimate of drug-likeness (QED) is 0.733. The van der Waals surface area contributed by atoms with Gasteiger partial charge in [0, 0.05) is 18.9 Å². The van der Waals surface area contributed by atoms with Crippen LogP contribution in [0.2, 0.25) is 0 Å². The average Bonchev–Trinajstić information content (AvgIpc) is 2.92. The summed E-state index contributed by atoms with van der Waals surface area (Å²) >= 11 is 0. The van der Waals surface area contributed by atoms with Gasteiger partial charge in [-0.3, -0.25) is 0 Å². The second-order valence-corrected chi connectivity index (χ2v) is 5.33. The summed E-state index contributed by atoms with van der Waals surface area (Å²) in [7, 11) is 1.84. The lowest BCUT2D eigenvalue weighted by Crippen LogP contribution is -2.11. The highest BCUT2D eigenvalue weighted by molar-refractivity contribution is 5.51. The average molecular weight is 236 g/mol. The molecule has 0 heterocycles. The standard InChI is InChI=1S/C17H16O/c1-18-17-14-9-5-4-8-13(14)16-12-7-3-2-6-11(12)10-15(16)17/h2-9,15-17H,10H2,1H3/t15-,16+,17+/m0/s1. The van der Waals surface area contributed by atoms with Crippen molar-refractivity contribution < 1.29 is 4.74 Å². The van der Waals surface area contributed by atoms with E-state index in [-0.39, 0.29) is 6.10 Å². The lowest BCUT2D eigenvalue weighted by atomic mass is 9.92. The van der Waals surface area contributed by atoms with Gasteiger partial charge >= 0.3 is 0 Å². The number of benzene rings is 2. The van der Waals surface area contributed by atoms with Crippen LogP contribution in [-0.4, -0.2) is 7.11 Å². The van der Waals surface area contributed by atoms with Crippen molar-refractivity contribution in [2.24, 2.45) is 5.92 Å². The second-order valence-electron chi connectivity index (χ2n) is 5.33. The van der Waals surface area contributed by atoms with Crippen molar-refractivity contribution in [3.05, 3.63) is 70.8 Å². The Morgan fingerprint density at radius 1 is 0.889 bits per heavy atom. The molecule has 2 aromatic carbocycles. The largest absolute Gasteiger partial charge is 0.376 e. The van der Waals surface area contributed by atoms with Crippen molar-refractivity contribution in [2.45, 2.75) is 18.4 Å². The minimum Gasteiger partial charge on any atom is -0.376 e. The Morgan fingerprint density at radius 2 is 1.56 bits per heavy atom. The number of rotatable bonds is 1. The zero-order valence-electron chi connectivity index (χ0n) is 10.5. The minimum atomic E-state index is 0.263. The molecule has 0 aliphatic heterocycles. The lowest BCUT2D eigenvalue weighted by Gasteiger charge is -2.17. The van der Waals surface area contributed by atoms with Crippen molar-refractivity contribution in [1.29, 1.82) is 0 Å². The maximum atomic E-state index is 5.78. The van der Waals surface area contributed by atoms with E-state index in [0.717, 1.165) is 6.42 Å². The van der Waals surface area contributed by atoms with Gasteiger partial charge in [0.2, 0.25) is 0 Å². The predicted octanol–water partition coefficient (Wildman–Crippen LogP) is 3.69. The summed E-state index contributed by atoms with van der Waals surface area (Å²) in [4.78, 5) is 0. The topological polar surface area (TPSA) is 9.23 Å². The third kappa shape index (κ3) is 1.20. The molecule has 0 radical (unpaired) electrons. The highest BCUT2D eigenvalue weighted by Gasteiger charge is 2.45. The van der Waals surface area contributed by atoms with E-state index >= 15 is 0 Å². The van der Waals surface area contributed by atoms with Crippen LogP contribution in [0.1, 0.15) is 34.3 Å². The molecule has 18 heavy (non-hydrogen) atoms. The van der Waals surface area contributed by atoms with Gasteiger partial charge < -0.3 is 4.74 Å². The molecule has 0 bridgehead atoms. The molecular weight excluding hydrogens is 220 g/mol. The van der Waals surface area contributed by atoms with E-state index in [2.05, 4.69) is 48.5 Å². The van der Waals surface area contributed by atoms with E-state index in [1.54, 1.807) is 0 Å². The molecule has 0 saturated heterocycles. The molecule has 4 rings (SSSR count). The highest BCUT2D eigenvalue weighted by Crippen LogP contribution is 2.55. The molecule has 0 fully saturated rings. The number of fused-ring (bicyclic) bond motifs is 5. The molecule has 0 N–H and O–H groups in total. The fourth-order valence-electron chi connectivity index (χ4n) is 3.89. The summed E-state index contributed by atoms with van der Waals surface area (Å²) in [5, 5.41) is 0. The Bertz CT molecular complexity index is 602. The molecule has 1 heteroatoms. The zero-order chi connectivity index (χ0) is 12.1. The number of methoxy groups -OCH3 is 1. The lowest BCUT2D eigenvalue weighted by molar-refractivity contribution is 0.0617. The molecule has 1 nitrogen and oxygen atoms in total. The highest BCUT2D eigenvalue weighted by atomic mass is 16.5. The third-order valence-corrected chi connectivity index (χ3v) is 4.55. The van der Waals surface area contributed by atoms with Crippen LogP contribution in [-0.2, 0) is 11.2 Å². The monoisotopic (exact) mass is 236 g/mol. The van der Waals surface area contributed by atoms with Gasteiger partial charge in [-0.05, 0) is 28.7 Å². The smallest absolute Gasteiger partial charge is 0.0864 e. The van der Waals surface area contributed by atoms with Crippen LogP contribution in [0.25, 0.3) is 0 Å². The van der Waals surface area contributed by atoms with Crippen molar-refractivity contribution in [1.82, 2.24) is 0 Å². The summed E-state index contributed by atoms with van der Waals surface area (Å²) in [6, 6.07) is 17.6. The Kier molecular flexibility index (Phi) is 2.12. The zero-order valence-corrected chi connectivity index (χ0v) is 10.5. The predicted molar refractivity (Wildman–Crippen MR) is 71.7 cm³/mol. The summed E-state index contributed by atoms with van der Waals surface area (Å²) in [6.07, 6.45) is 1.41. The van der Waals surface area contributed by atoms with E-state index < -0.39 is 0 Å². The van der Waals surface area contributed by atoms with E-state index in [1.165, 1.54) is 22.3 Å². The van der Waals surface area contributed by atoms with Crippen LogP contribution in [0, 0.1) is 5.92 Å². The first-order chi connectivity index (χ1) is 8.90. The second kappa shape index (κ2) is 3.69. The van der Waals surface area contributed by atoms with Gasteiger partial charge in [0.05, 0.1) is 6.10 Å². The molecule has 2 aliphatic carbocycles. The van der Waals surface area contributed by atoms with Gasteiger partial charge in [0.25, 0.3) is 0 Å². The van der Waals surface area contributed by atoms with Crippen molar-refractivity contribution in [2.75, 3.05) is 7.11 Å². The van der Waals surface area contributed by atoms with Crippen LogP contribution in [0.4, 0.5) is 0 Å². The van der Waals surface area contributed by atoms with Crippen LogP contribution in [0.15, 0.2) is 48.5 Å². The van der Waals surface area contributed by atoms with Crippen molar-refractivity contribution in [3.63, 3.8) is 0 Å². The summed E-state index contributed by atoms with van der Waals surface area (Å²) in [5.74, 6) is 1.13. The Labute approximate surface area is 107 Å². The van der Waals surface area contributed by atoms with Gasteiger partial charge in [0.1, 0.15) is 0 Å². The van der Waals surface area contributed by atoms with Crippen LogP contribution >= 0.6 is 0 Å². The van der Waals surface area contributed by atoms with Crippen molar-refractivity contribution >= 4 is 0 Å². The van der Waals surface area contributed by atoms with E-state index in [4.69, 9.17) is 4.74 Å². The van der Waals surface area contributed by atoms with Gasteiger partial charge in [0.15, 0.2) is 0 Å². The number of ether oxygens (including phenoxy) is 1. The van der Waals surface area contributed by atoms with Crippen LogP contribution in [0.3, 0.4) is 0 Å². The molecule has 90 valence electrons. The molecule has 0 amide bonds. The SMILES string of the molecule is CO[C@@H]1c2ccccc2[C@H]2c3ccccc3C[C@@H]21. The first-order valence-corrected chi connectivity index (χ1v) is 6.59. The molecule has 0 unspecified atom stereocenters. The normalized spacial score (nSPS) is 27.7. The molecule has 3 atom stereocenters. The first kappa shape index (κ1) is 10.3. The van der Waals surface area contributed by atoms with Gasteiger partial charge in [-0.15, -0.1) is 0 Å². The summed E-state index contributed by atoms with van der Waals surface area (Å²) in [6.45, 7) is 0. The number of hydrogen-bond donors (Lipinski definition) is 0. The van der Waals surface area contributed by atoms with Crippen molar-refractivity contribution in [3.8, 4) is 0 Å². The fraction of sp³-hybridized carbons (Fsp3) is 0.294. The van der Waals surface area contributed by atoms with Gasteiger partial charge in [-0.25, -0.2) is 0 Å². The molecule has 0 saturated carbocycles. The van der Waals surface area contributed by atoms with Gasteiger partial charge in [-0.2, -0.15) is 0 Å². The van der Waals surface area contributed by atoms with Crippen LogP contribution < -0.4 is 0 Å². The molecule has 2 aliphatic rings. The maximum absolute atomic E-state index is 5.78. The maximum Gasteiger partial charge on any atom is 0.0864 e. The Hall–Kier alpha value is -1.60. The molecular formula is C17H16O. The molecule has 0 spiro atoms. The molecule has 2 aromatic rings. The number of hydrogen-bond acceptors (Lipinski definition) is 1. The first-order valence-electron chi connectivity index (χ1n) is 6.59. The van der Waals surface area contributed by atoms with E-state index in [9.17, 15) is 0 Å². The summed E-state index contributed by atoms with van der Waals surface area (Å²) in [5.41, 5.74) is 5.88. The minimum absolute atomic E-state index is 0.263. The van der Waals surface area contributed by atoms with E-state index in [0.29, 0.717) is 11.8 Å². The fourth-order valence-corrected chi connectivity index (χ4v) is 3.89. The van der Waals surface area contributed by atoms with Crippen LogP contribution in [0.5, 0.6) is 0 Å². The third-order valence-electron chi connectivity index (χ3n) is 4.55. The van der Waals surface area contributed by atoms with Gasteiger partial charge in [-0.1, -0.05) is 48.5 Å². The summed E-state index contributed by atoms with van der Waals surface area (Å²) < 4.78 is 5.78. The van der Waals surface area contributed by atoms with E-state index in [1.807, 2.05) is 7.11 Å². The Morgan fingerprint density at radius 3 is 2.33 bits per heavy atom. The Balaban J connectivity index is 1.93. The molecule has 0 aromatic heterocycles.